The summed E-state index contributed by atoms with van der Waals surface area (Å²) >= 11 is 1.14. The van der Waals surface area contributed by atoms with Crippen LogP contribution in [-0.2, 0) is 52.7 Å². The predicted octanol–water partition coefficient (Wildman–Crippen LogP) is 3.20. The van der Waals surface area contributed by atoms with E-state index in [9.17, 15) is 34.2 Å². The lowest BCUT2D eigenvalue weighted by Crippen LogP contribution is -2.64. The van der Waals surface area contributed by atoms with E-state index < -0.39 is 160 Å². The maximum Gasteiger partial charge on any atom is 0.256 e. The van der Waals surface area contributed by atoms with Crippen molar-refractivity contribution in [3.05, 3.63) is 12.2 Å². The van der Waals surface area contributed by atoms with Crippen LogP contribution in [0.2, 0.25) is 0 Å². The molecule has 2 fully saturated rings. The van der Waals surface area contributed by atoms with Crippen molar-refractivity contribution in [2.24, 2.45) is 35.5 Å². The minimum absolute atomic E-state index is 0.0295. The van der Waals surface area contributed by atoms with Crippen LogP contribution in [0.4, 0.5) is 0 Å². The Kier molecular flexibility index (Phi) is 32.5. The number of thioether (sulfide) groups is 1. The first kappa shape index (κ1) is 83.2. The molecule has 26 heteroatoms. The Hall–Kier alpha value is -5.86. The van der Waals surface area contributed by atoms with Gasteiger partial charge in [-0.1, -0.05) is 95.2 Å². The third-order valence-corrected chi connectivity index (χ3v) is 19.6. The molecule has 0 radical (unpaired) electrons. The third-order valence-electron chi connectivity index (χ3n) is 18.1. The summed E-state index contributed by atoms with van der Waals surface area (Å²) in [6.45, 7) is 28.9. The molecule has 1 aliphatic carbocycles. The Labute approximate surface area is 560 Å². The van der Waals surface area contributed by atoms with E-state index in [-0.39, 0.29) is 61.8 Å². The Bertz CT molecular complexity index is 2610. The van der Waals surface area contributed by atoms with Gasteiger partial charge in [0.05, 0.1) is 11.7 Å². The van der Waals surface area contributed by atoms with Gasteiger partial charge in [-0.2, -0.15) is 0 Å². The van der Waals surface area contributed by atoms with Gasteiger partial charge < -0.3 is 71.1 Å². The molecule has 1 unspecified atom stereocenters. The fraction of sp³-hybridized carbons (Fsp3) is 0.806. The molecule has 2 rings (SSSR count). The van der Waals surface area contributed by atoms with Crippen LogP contribution in [0, 0.1) is 35.5 Å². The van der Waals surface area contributed by atoms with Crippen molar-refractivity contribution in [2.45, 2.75) is 252 Å². The Morgan fingerprint density at radius 1 is 0.548 bits per heavy atom. The smallest absolute Gasteiger partial charge is 0.256 e. The number of rotatable bonds is 19. The molecule has 13 atom stereocenters. The van der Waals surface area contributed by atoms with Crippen LogP contribution in [0.1, 0.15) is 169 Å². The standard InChI is InChI=1S/C67H120N12O13S/c1-26-28-29-42(13)53(80)52-57(84)71-45(27-2)59(86)79(25)65(93-36-67(68-18)30-31-67)64(91)76(22)49(35-66(16,17)92)56(83)72-50(40(9)10)62(89)73(19)46(32-37(3)4)55(82)69-43(14)54(81)70-44(15)58(85)74(20)47(33-38(5)6)60(87)75(21)48(34-39(7)8)61(88)77(23)51(41(11)12)63(90)78(52)24/h26,28,37-53,65,68,80,92H,27,29-36H2,1-25H3,(H,69,82)(H,70,81)(H,71,84)(H,72,83)/b28-26+/t42-,43+,44-,45+,46+,47+,48+,49+,50+,51+,52?,53-,65-/m1/s1. The summed E-state index contributed by atoms with van der Waals surface area (Å²) in [5, 5.41) is 36.7. The van der Waals surface area contributed by atoms with E-state index in [4.69, 9.17) is 0 Å². The van der Waals surface area contributed by atoms with Crippen LogP contribution in [0.3, 0.4) is 0 Å². The number of amides is 11. The largest absolute Gasteiger partial charge is 0.390 e. The number of hydrogen-bond donors (Lipinski definition) is 7. The number of aliphatic hydroxyl groups is 2. The van der Waals surface area contributed by atoms with Gasteiger partial charge in [-0.15, -0.1) is 11.8 Å². The van der Waals surface area contributed by atoms with E-state index >= 15 is 28.8 Å². The first-order chi connectivity index (χ1) is 42.9. The third kappa shape index (κ3) is 22.9. The molecule has 0 bridgehead atoms. The lowest BCUT2D eigenvalue weighted by molar-refractivity contribution is -0.157. The number of hydrogen-bond acceptors (Lipinski definition) is 15. The second-order valence-corrected chi connectivity index (χ2v) is 29.9. The van der Waals surface area contributed by atoms with Gasteiger partial charge in [0.25, 0.3) is 5.91 Å². The average molecular weight is 1330 g/mol. The molecule has 1 heterocycles. The van der Waals surface area contributed by atoms with Gasteiger partial charge in [-0.25, -0.2) is 0 Å². The summed E-state index contributed by atoms with van der Waals surface area (Å²) in [4.78, 5) is 172. The molecule has 0 spiro atoms. The molecule has 532 valence electrons. The highest BCUT2D eigenvalue weighted by atomic mass is 32.2. The number of likely N-dealkylation sites (N-methyl/N-ethyl adjacent to an activating group) is 7. The summed E-state index contributed by atoms with van der Waals surface area (Å²) in [6.07, 6.45) is 3.89. The van der Waals surface area contributed by atoms with Crippen molar-refractivity contribution < 1.29 is 63.0 Å². The molecule has 25 nitrogen and oxygen atoms in total. The highest BCUT2D eigenvalue weighted by molar-refractivity contribution is 8.00. The van der Waals surface area contributed by atoms with Crippen LogP contribution in [0.25, 0.3) is 0 Å². The number of allylic oxidation sites excluding steroid dienone is 2. The first-order valence-electron chi connectivity index (χ1n) is 33.3. The molecule has 0 aromatic carbocycles. The molecule has 0 aromatic heterocycles. The van der Waals surface area contributed by atoms with E-state index in [1.807, 2.05) is 41.5 Å². The number of carbonyl (C=O) groups is 11. The van der Waals surface area contributed by atoms with Gasteiger partial charge in [0.1, 0.15) is 60.4 Å². The Morgan fingerprint density at radius 3 is 1.45 bits per heavy atom. The maximum atomic E-state index is 15.4. The van der Waals surface area contributed by atoms with E-state index in [0.29, 0.717) is 5.75 Å². The van der Waals surface area contributed by atoms with Crippen LogP contribution in [0.5, 0.6) is 0 Å². The minimum Gasteiger partial charge on any atom is -0.390 e. The van der Waals surface area contributed by atoms with E-state index in [2.05, 4.69) is 26.6 Å². The van der Waals surface area contributed by atoms with Gasteiger partial charge in [0.15, 0.2) is 5.37 Å². The van der Waals surface area contributed by atoms with Gasteiger partial charge in [0, 0.05) is 67.0 Å². The summed E-state index contributed by atoms with van der Waals surface area (Å²) in [6, 6.07) is -13.1. The zero-order chi connectivity index (χ0) is 71.8. The molecule has 1 saturated carbocycles. The van der Waals surface area contributed by atoms with Crippen molar-refractivity contribution in [1.29, 1.82) is 0 Å². The van der Waals surface area contributed by atoms with Crippen molar-refractivity contribution in [3.8, 4) is 0 Å². The number of carbonyl (C=O) groups excluding carboxylic acids is 11. The SMILES string of the molecule is C/C=C/C[C@@H](C)[C@@H](O)C1C(=O)N[C@@H](CC)C(=O)N(C)[C@H](SCC2(NC)CC2)C(=O)N(C)[C@@H](CC(C)(C)O)C(=O)N[C@@H](C(C)C)C(=O)N(C)[C@@H](CC(C)C)C(=O)N[C@@H](C)C(=O)N[C@H](C)C(=O)N(C)[C@@H](CC(C)C)C(=O)N(C)[C@@H](CC(C)C)C(=O)N(C)[C@@H](C(C)C)C(=O)N1C. The predicted molar refractivity (Wildman–Crippen MR) is 362 cm³/mol. The molecule has 7 N–H and O–H groups in total. The molecule has 11 amide bonds. The second-order valence-electron chi connectivity index (χ2n) is 28.9. The zero-order valence-electron chi connectivity index (χ0n) is 60.8. The summed E-state index contributed by atoms with van der Waals surface area (Å²) in [7, 11) is 11.7. The van der Waals surface area contributed by atoms with Crippen molar-refractivity contribution in [2.75, 3.05) is 62.1 Å². The molecule has 1 saturated heterocycles. The highest BCUT2D eigenvalue weighted by Gasteiger charge is 2.48. The fourth-order valence-electron chi connectivity index (χ4n) is 11.7. The van der Waals surface area contributed by atoms with Crippen molar-refractivity contribution in [3.63, 3.8) is 0 Å². The quantitative estimate of drug-likeness (QED) is 0.0914. The lowest BCUT2D eigenvalue weighted by Gasteiger charge is -2.41. The summed E-state index contributed by atoms with van der Waals surface area (Å²) < 4.78 is 0. The topological polar surface area (TPSA) is 311 Å². The second kappa shape index (κ2) is 36.3. The maximum absolute atomic E-state index is 15.4. The van der Waals surface area contributed by atoms with Crippen LogP contribution in [0.15, 0.2) is 12.2 Å². The molecular weight excluding hydrogens is 1210 g/mol. The first-order valence-corrected chi connectivity index (χ1v) is 34.3. The molecular formula is C67H120N12O13S. The average Bonchev–Trinajstić information content (AvgIpc) is 1.67. The number of aliphatic hydroxyl groups excluding tert-OH is 1. The van der Waals surface area contributed by atoms with Crippen LogP contribution < -0.4 is 26.6 Å². The Morgan fingerprint density at radius 2 is 1.00 bits per heavy atom. The fourth-order valence-corrected chi connectivity index (χ4v) is 13.3. The normalized spacial score (nSPS) is 27.7. The summed E-state index contributed by atoms with van der Waals surface area (Å²) in [5.41, 5.74) is -1.96. The summed E-state index contributed by atoms with van der Waals surface area (Å²) in [5.74, 6) is -9.97. The monoisotopic (exact) mass is 1330 g/mol. The highest BCUT2D eigenvalue weighted by Crippen LogP contribution is 2.40. The molecule has 2 aliphatic rings. The van der Waals surface area contributed by atoms with Crippen LogP contribution >= 0.6 is 11.8 Å². The Balaban J connectivity index is 3.12. The number of nitrogens with one attached hydrogen (secondary N) is 5. The number of nitrogens with zero attached hydrogens (tertiary/aromatic N) is 7. The van der Waals surface area contributed by atoms with Gasteiger partial charge in [0.2, 0.25) is 59.1 Å². The lowest BCUT2D eigenvalue weighted by atomic mass is 9.91. The van der Waals surface area contributed by atoms with E-state index in [1.54, 1.807) is 67.7 Å². The molecule has 1 aliphatic heterocycles. The van der Waals surface area contributed by atoms with Crippen molar-refractivity contribution >= 4 is 76.7 Å². The van der Waals surface area contributed by atoms with Gasteiger partial charge in [-0.3, -0.25) is 52.7 Å². The molecule has 0 aromatic rings. The van der Waals surface area contributed by atoms with Gasteiger partial charge >= 0.3 is 0 Å². The minimum atomic E-state index is -1.66. The zero-order valence-corrected chi connectivity index (χ0v) is 61.7. The van der Waals surface area contributed by atoms with E-state index in [0.717, 1.165) is 34.4 Å². The van der Waals surface area contributed by atoms with E-state index in [1.165, 1.54) is 102 Å². The van der Waals surface area contributed by atoms with Crippen molar-refractivity contribution in [1.82, 2.24) is 60.9 Å². The van der Waals surface area contributed by atoms with Gasteiger partial charge in [-0.05, 0) is 122 Å². The molecule has 93 heavy (non-hydrogen) atoms. The van der Waals surface area contributed by atoms with Crippen LogP contribution in [-0.4, -0.2) is 255 Å².